The third-order valence-corrected chi connectivity index (χ3v) is 4.59. The number of furan rings is 1. The molecule has 0 radical (unpaired) electrons. The highest BCUT2D eigenvalue weighted by molar-refractivity contribution is 5.97. The molecular weight excluding hydrogens is 430 g/mol. The van der Waals surface area contributed by atoms with Gasteiger partial charge in [0.25, 0.3) is 17.5 Å². The summed E-state index contributed by atoms with van der Waals surface area (Å²) in [7, 11) is 0. The molecule has 2 amide bonds. The Kier molecular flexibility index (Phi) is 7.53. The van der Waals surface area contributed by atoms with Crippen molar-refractivity contribution in [3.63, 3.8) is 0 Å². The van der Waals surface area contributed by atoms with Crippen LogP contribution in [0.5, 0.6) is 0 Å². The van der Waals surface area contributed by atoms with Crippen LogP contribution in [0.1, 0.15) is 21.7 Å². The summed E-state index contributed by atoms with van der Waals surface area (Å²) < 4.78 is 10.1. The lowest BCUT2D eigenvalue weighted by molar-refractivity contribution is -0.384. The summed E-state index contributed by atoms with van der Waals surface area (Å²) in [5.41, 5.74) is 1.13. The summed E-state index contributed by atoms with van der Waals surface area (Å²) in [6.07, 6.45) is 1.45. The Morgan fingerprint density at radius 3 is 2.52 bits per heavy atom. The first-order chi connectivity index (χ1) is 15.8. The number of anilines is 1. The van der Waals surface area contributed by atoms with Gasteiger partial charge >= 0.3 is 5.97 Å². The van der Waals surface area contributed by atoms with Crippen LogP contribution in [0.2, 0.25) is 0 Å². The van der Waals surface area contributed by atoms with Gasteiger partial charge in [-0.15, -0.1) is 0 Å². The Balaban J connectivity index is 1.65. The normalized spacial score (nSPS) is 11.3. The zero-order valence-electron chi connectivity index (χ0n) is 17.6. The predicted octanol–water partition coefficient (Wildman–Crippen LogP) is 3.02. The fourth-order valence-corrected chi connectivity index (χ4v) is 3.00. The molecule has 0 unspecified atom stereocenters. The van der Waals surface area contributed by atoms with Gasteiger partial charge in [0.15, 0.2) is 12.4 Å². The van der Waals surface area contributed by atoms with E-state index in [2.05, 4.69) is 10.6 Å². The van der Waals surface area contributed by atoms with Crippen LogP contribution in [0.15, 0.2) is 71.3 Å². The fraction of sp³-hybridized carbons (Fsp3) is 0.174. The summed E-state index contributed by atoms with van der Waals surface area (Å²) in [5.74, 6) is -2.19. The molecule has 0 aliphatic heterocycles. The second kappa shape index (κ2) is 10.7. The highest BCUT2D eigenvalue weighted by atomic mass is 16.6. The molecule has 0 saturated heterocycles. The number of aryl methyl sites for hydroxylation is 1. The lowest BCUT2D eigenvalue weighted by Gasteiger charge is -2.17. The second-order valence-electron chi connectivity index (χ2n) is 7.13. The van der Waals surface area contributed by atoms with E-state index in [0.717, 1.165) is 5.56 Å². The average molecular weight is 451 g/mol. The first-order valence-electron chi connectivity index (χ1n) is 9.93. The number of hydrogen-bond acceptors (Lipinski definition) is 7. The minimum atomic E-state index is -1.09. The molecule has 0 bridgehead atoms. The first kappa shape index (κ1) is 23.2. The van der Waals surface area contributed by atoms with Crippen LogP contribution < -0.4 is 10.6 Å². The lowest BCUT2D eigenvalue weighted by Crippen LogP contribution is -2.44. The van der Waals surface area contributed by atoms with Crippen molar-refractivity contribution in [2.45, 2.75) is 19.4 Å². The quantitative estimate of drug-likeness (QED) is 0.289. The van der Waals surface area contributed by atoms with Gasteiger partial charge in [-0.3, -0.25) is 19.7 Å². The summed E-state index contributed by atoms with van der Waals surface area (Å²) in [4.78, 5) is 47.9. The van der Waals surface area contributed by atoms with Gasteiger partial charge < -0.3 is 19.8 Å². The van der Waals surface area contributed by atoms with Gasteiger partial charge in [0.05, 0.1) is 11.2 Å². The molecule has 3 rings (SSSR count). The van der Waals surface area contributed by atoms with Crippen LogP contribution >= 0.6 is 0 Å². The van der Waals surface area contributed by atoms with Gasteiger partial charge in [-0.1, -0.05) is 36.4 Å². The Labute approximate surface area is 188 Å². The standard InChI is InChI=1S/C23H21N3O7/c1-15-9-10-17(19(12-15)26(30)31)24-21(27)14-33-23(29)18(13-16-6-3-2-4-7-16)25-22(28)20-8-5-11-32-20/h2-12,18H,13-14H2,1H3,(H,24,27)(H,25,28)/t18-/m0/s1. The van der Waals surface area contributed by atoms with Gasteiger partial charge in [-0.25, -0.2) is 4.79 Å². The molecule has 0 spiro atoms. The Morgan fingerprint density at radius 1 is 1.09 bits per heavy atom. The van der Waals surface area contributed by atoms with E-state index in [1.807, 2.05) is 6.07 Å². The van der Waals surface area contributed by atoms with Crippen LogP contribution in [0, 0.1) is 17.0 Å². The molecule has 33 heavy (non-hydrogen) atoms. The highest BCUT2D eigenvalue weighted by Crippen LogP contribution is 2.25. The van der Waals surface area contributed by atoms with Crippen molar-refractivity contribution in [1.82, 2.24) is 5.32 Å². The molecule has 0 aliphatic rings. The summed E-state index contributed by atoms with van der Waals surface area (Å²) in [5, 5.41) is 16.1. The van der Waals surface area contributed by atoms with Crippen LogP contribution in [0.3, 0.4) is 0 Å². The van der Waals surface area contributed by atoms with E-state index in [1.54, 1.807) is 37.3 Å². The van der Waals surface area contributed by atoms with E-state index < -0.39 is 35.4 Å². The predicted molar refractivity (Wildman–Crippen MR) is 118 cm³/mol. The number of nitro groups is 1. The van der Waals surface area contributed by atoms with E-state index in [4.69, 9.17) is 9.15 Å². The zero-order chi connectivity index (χ0) is 23.8. The number of ether oxygens (including phenoxy) is 1. The maximum atomic E-state index is 12.7. The molecule has 0 saturated carbocycles. The highest BCUT2D eigenvalue weighted by Gasteiger charge is 2.25. The van der Waals surface area contributed by atoms with Crippen molar-refractivity contribution in [3.05, 3.63) is 93.9 Å². The molecular formula is C23H21N3O7. The van der Waals surface area contributed by atoms with E-state index in [1.165, 1.54) is 30.5 Å². The number of benzene rings is 2. The summed E-state index contributed by atoms with van der Waals surface area (Å²) >= 11 is 0. The smallest absolute Gasteiger partial charge is 0.329 e. The Hall–Kier alpha value is -4.47. The largest absolute Gasteiger partial charge is 0.459 e. The topological polar surface area (TPSA) is 141 Å². The summed E-state index contributed by atoms with van der Waals surface area (Å²) in [6, 6.07) is 15.2. The monoisotopic (exact) mass is 451 g/mol. The molecule has 1 atom stereocenters. The molecule has 3 aromatic rings. The van der Waals surface area contributed by atoms with E-state index in [9.17, 15) is 24.5 Å². The Morgan fingerprint density at radius 2 is 1.85 bits per heavy atom. The van der Waals surface area contributed by atoms with Crippen molar-refractivity contribution in [3.8, 4) is 0 Å². The molecule has 1 aromatic heterocycles. The number of rotatable bonds is 9. The maximum Gasteiger partial charge on any atom is 0.329 e. The lowest BCUT2D eigenvalue weighted by atomic mass is 10.1. The van der Waals surface area contributed by atoms with Gasteiger partial charge in [0.1, 0.15) is 11.7 Å². The van der Waals surface area contributed by atoms with Crippen molar-refractivity contribution >= 4 is 29.2 Å². The number of carbonyl (C=O) groups is 3. The third kappa shape index (κ3) is 6.50. The number of carbonyl (C=O) groups excluding carboxylic acids is 3. The van der Waals surface area contributed by atoms with Gasteiger partial charge in [0.2, 0.25) is 0 Å². The molecule has 2 N–H and O–H groups in total. The molecule has 1 heterocycles. The van der Waals surface area contributed by atoms with Gasteiger partial charge in [-0.05, 0) is 36.2 Å². The number of amides is 2. The number of esters is 1. The van der Waals surface area contributed by atoms with Crippen molar-refractivity contribution < 1.29 is 28.5 Å². The minimum absolute atomic E-state index is 0.0152. The molecule has 10 nitrogen and oxygen atoms in total. The van der Waals surface area contributed by atoms with Gasteiger partial charge in [0, 0.05) is 12.5 Å². The second-order valence-corrected chi connectivity index (χ2v) is 7.13. The van der Waals surface area contributed by atoms with Crippen molar-refractivity contribution in [1.29, 1.82) is 0 Å². The first-order valence-corrected chi connectivity index (χ1v) is 9.93. The van der Waals surface area contributed by atoms with Crippen molar-refractivity contribution in [2.24, 2.45) is 0 Å². The minimum Gasteiger partial charge on any atom is -0.459 e. The van der Waals surface area contributed by atoms with Crippen molar-refractivity contribution in [2.75, 3.05) is 11.9 Å². The number of nitro benzene ring substituents is 1. The number of nitrogens with one attached hydrogen (secondary N) is 2. The summed E-state index contributed by atoms with van der Waals surface area (Å²) in [6.45, 7) is 0.996. The average Bonchev–Trinajstić information content (AvgIpc) is 3.34. The molecule has 0 fully saturated rings. The fourth-order valence-electron chi connectivity index (χ4n) is 3.00. The molecule has 0 aliphatic carbocycles. The van der Waals surface area contributed by atoms with Crippen LogP contribution in [-0.2, 0) is 20.7 Å². The van der Waals surface area contributed by atoms with E-state index >= 15 is 0 Å². The Bertz CT molecular complexity index is 1140. The molecule has 10 heteroatoms. The van der Waals surface area contributed by atoms with Crippen LogP contribution in [-0.4, -0.2) is 35.4 Å². The van der Waals surface area contributed by atoms with Gasteiger partial charge in [-0.2, -0.15) is 0 Å². The number of nitrogens with zero attached hydrogens (tertiary/aromatic N) is 1. The number of hydrogen-bond donors (Lipinski definition) is 2. The molecule has 170 valence electrons. The van der Waals surface area contributed by atoms with E-state index in [0.29, 0.717) is 5.56 Å². The third-order valence-electron chi connectivity index (χ3n) is 4.59. The van der Waals surface area contributed by atoms with Crippen LogP contribution in [0.25, 0.3) is 0 Å². The molecule has 2 aromatic carbocycles. The zero-order valence-corrected chi connectivity index (χ0v) is 17.6. The van der Waals surface area contributed by atoms with Crippen LogP contribution in [0.4, 0.5) is 11.4 Å². The SMILES string of the molecule is Cc1ccc(NC(=O)COC(=O)[C@H](Cc2ccccc2)NC(=O)c2ccco2)c([N+](=O)[O-])c1. The van der Waals surface area contributed by atoms with E-state index in [-0.39, 0.29) is 23.6 Å². The maximum absolute atomic E-state index is 12.7.